The Kier molecular flexibility index (Phi) is 6.40. The minimum Gasteiger partial charge on any atom is -0.336 e. The molecule has 6 nitrogen and oxygen atoms in total. The van der Waals surface area contributed by atoms with Gasteiger partial charge in [-0.05, 0) is 25.7 Å². The van der Waals surface area contributed by atoms with Gasteiger partial charge in [0.2, 0.25) is 0 Å². The van der Waals surface area contributed by atoms with Gasteiger partial charge in [-0.15, -0.1) is 0 Å². The van der Waals surface area contributed by atoms with Gasteiger partial charge < -0.3 is 4.98 Å². The van der Waals surface area contributed by atoms with Gasteiger partial charge in [-0.1, -0.05) is 40.5 Å². The predicted octanol–water partition coefficient (Wildman–Crippen LogP) is 3.39. The molecule has 24 heavy (non-hydrogen) atoms. The first kappa shape index (κ1) is 18.5. The summed E-state index contributed by atoms with van der Waals surface area (Å²) in [5.41, 5.74) is 0.509. The molecule has 1 atom stereocenters. The lowest BCUT2D eigenvalue weighted by atomic mass is 9.99. The zero-order chi connectivity index (χ0) is 17.7. The predicted molar refractivity (Wildman–Crippen MR) is 97.8 cm³/mol. The molecule has 6 heteroatoms. The monoisotopic (exact) mass is 334 g/mol. The fourth-order valence-electron chi connectivity index (χ4n) is 3.21. The third-order valence-corrected chi connectivity index (χ3v) is 4.56. The number of rotatable bonds is 9. The van der Waals surface area contributed by atoms with Crippen LogP contribution in [0.15, 0.2) is 9.59 Å². The first-order valence-corrected chi connectivity index (χ1v) is 9.32. The average molecular weight is 334 g/mol. The van der Waals surface area contributed by atoms with Crippen LogP contribution >= 0.6 is 0 Å². The van der Waals surface area contributed by atoms with E-state index < -0.39 is 0 Å². The Morgan fingerprint density at radius 1 is 1.00 bits per heavy atom. The van der Waals surface area contributed by atoms with E-state index in [1.807, 2.05) is 13.8 Å². The van der Waals surface area contributed by atoms with Crippen LogP contribution in [0.2, 0.25) is 0 Å². The number of imidazole rings is 1. The van der Waals surface area contributed by atoms with Crippen LogP contribution in [-0.2, 0) is 13.1 Å². The Morgan fingerprint density at radius 2 is 1.67 bits per heavy atom. The van der Waals surface area contributed by atoms with Crippen molar-refractivity contribution < 1.29 is 0 Å². The van der Waals surface area contributed by atoms with E-state index in [9.17, 15) is 9.59 Å². The highest BCUT2D eigenvalue weighted by atomic mass is 16.2. The maximum absolute atomic E-state index is 12.7. The Labute approximate surface area is 142 Å². The molecule has 0 fully saturated rings. The smallest absolute Gasteiger partial charge is 0.332 e. The number of H-pyrrole nitrogens is 1. The van der Waals surface area contributed by atoms with Crippen molar-refractivity contribution in [3.05, 3.63) is 26.7 Å². The molecule has 0 radical (unpaired) electrons. The van der Waals surface area contributed by atoms with Gasteiger partial charge in [0.15, 0.2) is 5.65 Å². The third kappa shape index (κ3) is 3.47. The Hall–Kier alpha value is -1.85. The number of aryl methyl sites for hydroxylation is 1. The van der Waals surface area contributed by atoms with Crippen molar-refractivity contribution in [1.29, 1.82) is 0 Å². The van der Waals surface area contributed by atoms with E-state index in [0.717, 1.165) is 44.3 Å². The molecule has 2 rings (SSSR count). The number of nitrogens with one attached hydrogen (secondary N) is 1. The molecule has 1 N–H and O–H groups in total. The first-order chi connectivity index (χ1) is 11.6. The molecule has 0 saturated carbocycles. The summed E-state index contributed by atoms with van der Waals surface area (Å²) in [7, 11) is 0. The van der Waals surface area contributed by atoms with Gasteiger partial charge in [0, 0.05) is 19.0 Å². The lowest BCUT2D eigenvalue weighted by Crippen LogP contribution is -2.40. The summed E-state index contributed by atoms with van der Waals surface area (Å²) < 4.78 is 2.99. The van der Waals surface area contributed by atoms with E-state index in [1.54, 1.807) is 4.57 Å². The minimum absolute atomic E-state index is 0.240. The van der Waals surface area contributed by atoms with Gasteiger partial charge >= 0.3 is 5.69 Å². The summed E-state index contributed by atoms with van der Waals surface area (Å²) >= 11 is 0. The van der Waals surface area contributed by atoms with Crippen LogP contribution in [0.25, 0.3) is 11.2 Å². The summed E-state index contributed by atoms with van der Waals surface area (Å²) in [5.74, 6) is 1.15. The standard InChI is InChI=1S/C18H30N4O2/c1-5-9-10-13(8-4)15-19-14-16(20-15)21(11-6-2)18(24)22(12-7-3)17(14)23/h13H,5-12H2,1-4H3,(H,19,20). The highest BCUT2D eigenvalue weighted by Crippen LogP contribution is 2.24. The molecule has 0 aliphatic heterocycles. The number of fused-ring (bicyclic) bond motifs is 1. The molecule has 0 aliphatic rings. The number of hydrogen-bond acceptors (Lipinski definition) is 3. The van der Waals surface area contributed by atoms with Crippen molar-refractivity contribution >= 4 is 11.2 Å². The fourth-order valence-corrected chi connectivity index (χ4v) is 3.21. The normalized spacial score (nSPS) is 12.8. The summed E-state index contributed by atoms with van der Waals surface area (Å²) in [6.07, 6.45) is 5.88. The van der Waals surface area contributed by atoms with Crippen LogP contribution in [-0.4, -0.2) is 19.1 Å². The van der Waals surface area contributed by atoms with Crippen LogP contribution < -0.4 is 11.2 Å². The maximum Gasteiger partial charge on any atom is 0.332 e. The molecule has 0 aliphatic carbocycles. The van der Waals surface area contributed by atoms with E-state index in [0.29, 0.717) is 30.2 Å². The molecule has 134 valence electrons. The largest absolute Gasteiger partial charge is 0.336 e. The lowest BCUT2D eigenvalue weighted by Gasteiger charge is -2.10. The lowest BCUT2D eigenvalue weighted by molar-refractivity contribution is 0.546. The highest BCUT2D eigenvalue weighted by Gasteiger charge is 2.20. The van der Waals surface area contributed by atoms with E-state index in [1.165, 1.54) is 4.57 Å². The molecule has 2 aromatic heterocycles. The van der Waals surface area contributed by atoms with Crippen molar-refractivity contribution in [1.82, 2.24) is 19.1 Å². The van der Waals surface area contributed by atoms with Gasteiger partial charge in [0.1, 0.15) is 11.3 Å². The fraction of sp³-hybridized carbons (Fsp3) is 0.722. The summed E-state index contributed by atoms with van der Waals surface area (Å²) in [6.45, 7) is 9.33. The van der Waals surface area contributed by atoms with Crippen molar-refractivity contribution in [2.75, 3.05) is 0 Å². The molecular weight excluding hydrogens is 304 g/mol. The second-order valence-corrected chi connectivity index (χ2v) is 6.46. The highest BCUT2D eigenvalue weighted by molar-refractivity contribution is 5.70. The van der Waals surface area contributed by atoms with Crippen molar-refractivity contribution in [2.45, 2.75) is 85.2 Å². The molecule has 0 aromatic carbocycles. The third-order valence-electron chi connectivity index (χ3n) is 4.56. The minimum atomic E-state index is -0.242. The van der Waals surface area contributed by atoms with Crippen LogP contribution in [0.3, 0.4) is 0 Å². The van der Waals surface area contributed by atoms with Gasteiger partial charge in [0.25, 0.3) is 5.56 Å². The Morgan fingerprint density at radius 3 is 2.25 bits per heavy atom. The van der Waals surface area contributed by atoms with Crippen molar-refractivity contribution in [2.24, 2.45) is 0 Å². The van der Waals surface area contributed by atoms with Crippen LogP contribution in [0, 0.1) is 0 Å². The number of unbranched alkanes of at least 4 members (excludes halogenated alkanes) is 1. The Bertz CT molecular complexity index is 785. The van der Waals surface area contributed by atoms with Crippen LogP contribution in [0.4, 0.5) is 0 Å². The zero-order valence-corrected chi connectivity index (χ0v) is 15.4. The number of hydrogen-bond donors (Lipinski definition) is 1. The molecule has 1 unspecified atom stereocenters. The SMILES string of the molecule is CCCCC(CC)c1nc2c([nH]1)c(=O)n(CCC)c(=O)n2CCC. The zero-order valence-electron chi connectivity index (χ0n) is 15.4. The molecule has 0 amide bonds. The van der Waals surface area contributed by atoms with E-state index in [2.05, 4.69) is 23.8 Å². The number of aromatic amines is 1. The molecule has 0 bridgehead atoms. The summed E-state index contributed by atoms with van der Waals surface area (Å²) in [6, 6.07) is 0. The quantitative estimate of drug-likeness (QED) is 0.764. The van der Waals surface area contributed by atoms with Crippen molar-refractivity contribution in [3.8, 4) is 0 Å². The summed E-state index contributed by atoms with van der Waals surface area (Å²) in [5, 5.41) is 0. The second kappa shape index (κ2) is 8.31. The Balaban J connectivity index is 2.65. The molecule has 0 saturated heterocycles. The number of nitrogens with zero attached hydrogens (tertiary/aromatic N) is 3. The second-order valence-electron chi connectivity index (χ2n) is 6.46. The first-order valence-electron chi connectivity index (χ1n) is 9.32. The van der Waals surface area contributed by atoms with E-state index in [-0.39, 0.29) is 11.2 Å². The number of aromatic nitrogens is 4. The van der Waals surface area contributed by atoms with Gasteiger partial charge in [-0.3, -0.25) is 13.9 Å². The van der Waals surface area contributed by atoms with E-state index in [4.69, 9.17) is 0 Å². The van der Waals surface area contributed by atoms with E-state index >= 15 is 0 Å². The summed E-state index contributed by atoms with van der Waals surface area (Å²) in [4.78, 5) is 33.3. The maximum atomic E-state index is 12.7. The van der Waals surface area contributed by atoms with Crippen LogP contribution in [0.5, 0.6) is 0 Å². The van der Waals surface area contributed by atoms with Crippen molar-refractivity contribution in [3.63, 3.8) is 0 Å². The van der Waals surface area contributed by atoms with Crippen LogP contribution in [0.1, 0.15) is 78.0 Å². The average Bonchev–Trinajstić information content (AvgIpc) is 3.01. The van der Waals surface area contributed by atoms with Gasteiger partial charge in [-0.2, -0.15) is 0 Å². The molecule has 2 aromatic rings. The molecule has 2 heterocycles. The molecular formula is C18H30N4O2. The topological polar surface area (TPSA) is 72.7 Å². The van der Waals surface area contributed by atoms with Gasteiger partial charge in [0.05, 0.1) is 0 Å². The van der Waals surface area contributed by atoms with Gasteiger partial charge in [-0.25, -0.2) is 9.78 Å². The molecule has 0 spiro atoms.